The molecule has 1 aliphatic rings. The van der Waals surface area contributed by atoms with Gasteiger partial charge >= 0.3 is 5.97 Å². The summed E-state index contributed by atoms with van der Waals surface area (Å²) in [6, 6.07) is 2.85. The van der Waals surface area contributed by atoms with E-state index in [2.05, 4.69) is 10.3 Å². The Kier molecular flexibility index (Phi) is 4.68. The highest BCUT2D eigenvalue weighted by Gasteiger charge is 2.22. The smallest absolute Gasteiger partial charge is 0.338 e. The highest BCUT2D eigenvalue weighted by Crippen LogP contribution is 2.23. The summed E-state index contributed by atoms with van der Waals surface area (Å²) >= 11 is 0. The van der Waals surface area contributed by atoms with Crippen molar-refractivity contribution in [1.82, 2.24) is 10.3 Å². The van der Waals surface area contributed by atoms with Crippen LogP contribution in [0.3, 0.4) is 0 Å². The lowest BCUT2D eigenvalue weighted by molar-refractivity contribution is 0.0689. The summed E-state index contributed by atoms with van der Waals surface area (Å²) in [6.07, 6.45) is 4.43. The summed E-state index contributed by atoms with van der Waals surface area (Å²) in [5.74, 6) is -1.29. The van der Waals surface area contributed by atoms with Crippen LogP contribution in [-0.4, -0.2) is 39.7 Å². The van der Waals surface area contributed by atoms with Crippen LogP contribution in [0.4, 0.5) is 0 Å². The van der Waals surface area contributed by atoms with Gasteiger partial charge in [-0.3, -0.25) is 9.78 Å². The molecule has 0 atom stereocenters. The first-order chi connectivity index (χ1) is 9.58. The lowest BCUT2D eigenvalue weighted by Gasteiger charge is -2.25. The number of carboxylic acids is 1. The number of rotatable bonds is 4. The van der Waals surface area contributed by atoms with Crippen LogP contribution < -0.4 is 5.32 Å². The van der Waals surface area contributed by atoms with Crippen molar-refractivity contribution in [3.05, 3.63) is 29.6 Å². The number of aliphatic hydroxyl groups excluding tert-OH is 1. The Labute approximate surface area is 116 Å². The zero-order valence-electron chi connectivity index (χ0n) is 11.1. The van der Waals surface area contributed by atoms with Crippen LogP contribution in [0.2, 0.25) is 0 Å². The molecule has 0 radical (unpaired) electrons. The van der Waals surface area contributed by atoms with Crippen LogP contribution in [0, 0.1) is 5.92 Å². The van der Waals surface area contributed by atoms with Crippen LogP contribution in [0.1, 0.15) is 46.5 Å². The molecular weight excluding hydrogens is 260 g/mol. The van der Waals surface area contributed by atoms with Gasteiger partial charge in [-0.2, -0.15) is 0 Å². The highest BCUT2D eigenvalue weighted by molar-refractivity contribution is 6.03. The predicted molar refractivity (Wildman–Crippen MR) is 71.5 cm³/mol. The maximum atomic E-state index is 12.0. The monoisotopic (exact) mass is 278 g/mol. The van der Waals surface area contributed by atoms with Gasteiger partial charge in [-0.05, 0) is 43.7 Å². The number of hydrogen-bond donors (Lipinski definition) is 3. The van der Waals surface area contributed by atoms with Gasteiger partial charge < -0.3 is 15.5 Å². The van der Waals surface area contributed by atoms with Gasteiger partial charge in [-0.15, -0.1) is 0 Å². The van der Waals surface area contributed by atoms with E-state index in [4.69, 9.17) is 5.11 Å². The third-order valence-corrected chi connectivity index (χ3v) is 3.62. The van der Waals surface area contributed by atoms with Gasteiger partial charge in [0.1, 0.15) is 5.69 Å². The molecule has 6 heteroatoms. The Bertz CT molecular complexity index is 496. The number of nitrogens with one attached hydrogen (secondary N) is 1. The fraction of sp³-hybridized carbons (Fsp3) is 0.500. The number of amides is 1. The molecule has 0 aliphatic heterocycles. The van der Waals surface area contributed by atoms with Crippen molar-refractivity contribution in [2.75, 3.05) is 6.54 Å². The first kappa shape index (κ1) is 14.5. The molecular formula is C14H18N2O4. The van der Waals surface area contributed by atoms with E-state index in [9.17, 15) is 14.7 Å². The Morgan fingerprint density at radius 3 is 2.65 bits per heavy atom. The van der Waals surface area contributed by atoms with Crippen LogP contribution in [0.5, 0.6) is 0 Å². The van der Waals surface area contributed by atoms with Crippen molar-refractivity contribution in [3.63, 3.8) is 0 Å². The van der Waals surface area contributed by atoms with Gasteiger partial charge in [0.05, 0.1) is 11.7 Å². The molecule has 0 aromatic carbocycles. The highest BCUT2D eigenvalue weighted by atomic mass is 16.4. The number of pyridine rings is 1. The van der Waals surface area contributed by atoms with Crippen molar-refractivity contribution < 1.29 is 19.8 Å². The SMILES string of the molecule is O=C(O)c1cccnc1C(=O)NCC1CCC(O)CC1. The standard InChI is InChI=1S/C14H18N2O4/c17-10-5-3-9(4-6-10)8-16-13(18)12-11(14(19)20)2-1-7-15-12/h1-2,7,9-10,17H,3-6,8H2,(H,16,18)(H,19,20). The van der Waals surface area contributed by atoms with Gasteiger partial charge in [0, 0.05) is 12.7 Å². The molecule has 2 rings (SSSR count). The molecule has 1 saturated carbocycles. The second-order valence-electron chi connectivity index (χ2n) is 5.09. The lowest BCUT2D eigenvalue weighted by Crippen LogP contribution is -2.33. The lowest BCUT2D eigenvalue weighted by atomic mass is 9.87. The summed E-state index contributed by atoms with van der Waals surface area (Å²) in [5, 5.41) is 21.2. The molecule has 1 aliphatic carbocycles. The molecule has 0 spiro atoms. The topological polar surface area (TPSA) is 99.5 Å². The van der Waals surface area contributed by atoms with Crippen LogP contribution >= 0.6 is 0 Å². The molecule has 6 nitrogen and oxygen atoms in total. The summed E-state index contributed by atoms with van der Waals surface area (Å²) in [4.78, 5) is 26.9. The van der Waals surface area contributed by atoms with Gasteiger partial charge in [0.25, 0.3) is 5.91 Å². The Morgan fingerprint density at radius 1 is 1.30 bits per heavy atom. The van der Waals surface area contributed by atoms with E-state index in [1.807, 2.05) is 0 Å². The van der Waals surface area contributed by atoms with E-state index in [0.29, 0.717) is 12.5 Å². The number of carbonyl (C=O) groups excluding carboxylic acids is 1. The average Bonchev–Trinajstić information content (AvgIpc) is 2.46. The van der Waals surface area contributed by atoms with E-state index in [0.717, 1.165) is 25.7 Å². The van der Waals surface area contributed by atoms with Gasteiger partial charge in [0.2, 0.25) is 0 Å². The fourth-order valence-corrected chi connectivity index (χ4v) is 2.43. The molecule has 108 valence electrons. The van der Waals surface area contributed by atoms with Crippen molar-refractivity contribution in [3.8, 4) is 0 Å². The summed E-state index contributed by atoms with van der Waals surface area (Å²) in [6.45, 7) is 0.487. The minimum absolute atomic E-state index is 0.0594. The van der Waals surface area contributed by atoms with Crippen LogP contribution in [0.25, 0.3) is 0 Å². The average molecular weight is 278 g/mol. The molecule has 0 bridgehead atoms. The molecule has 1 aromatic rings. The maximum absolute atomic E-state index is 12.0. The Balaban J connectivity index is 1.94. The van der Waals surface area contributed by atoms with Crippen LogP contribution in [-0.2, 0) is 0 Å². The van der Waals surface area contributed by atoms with E-state index >= 15 is 0 Å². The molecule has 1 heterocycles. The second-order valence-corrected chi connectivity index (χ2v) is 5.09. The number of hydrogen-bond acceptors (Lipinski definition) is 4. The van der Waals surface area contributed by atoms with Crippen LogP contribution in [0.15, 0.2) is 18.3 Å². The van der Waals surface area contributed by atoms with Crippen molar-refractivity contribution in [2.24, 2.45) is 5.92 Å². The summed E-state index contributed by atoms with van der Waals surface area (Å²) in [5.41, 5.74) is -0.153. The van der Waals surface area contributed by atoms with Gasteiger partial charge in [-0.25, -0.2) is 4.79 Å². The van der Waals surface area contributed by atoms with E-state index in [1.165, 1.54) is 18.3 Å². The number of nitrogens with zero attached hydrogens (tertiary/aromatic N) is 1. The Morgan fingerprint density at radius 2 is 2.00 bits per heavy atom. The third kappa shape index (κ3) is 3.54. The third-order valence-electron chi connectivity index (χ3n) is 3.62. The number of carbonyl (C=O) groups is 2. The summed E-state index contributed by atoms with van der Waals surface area (Å²) in [7, 11) is 0. The van der Waals surface area contributed by atoms with E-state index in [1.54, 1.807) is 0 Å². The largest absolute Gasteiger partial charge is 0.478 e. The maximum Gasteiger partial charge on any atom is 0.338 e. The number of aliphatic hydroxyl groups is 1. The van der Waals surface area contributed by atoms with Crippen molar-refractivity contribution in [1.29, 1.82) is 0 Å². The van der Waals surface area contributed by atoms with Gasteiger partial charge in [0.15, 0.2) is 0 Å². The minimum atomic E-state index is -1.16. The zero-order chi connectivity index (χ0) is 14.5. The molecule has 0 unspecified atom stereocenters. The van der Waals surface area contributed by atoms with Crippen molar-refractivity contribution >= 4 is 11.9 Å². The molecule has 0 saturated heterocycles. The molecule has 20 heavy (non-hydrogen) atoms. The fourth-order valence-electron chi connectivity index (χ4n) is 2.43. The number of carboxylic acid groups (broad SMARTS) is 1. The predicted octanol–water partition coefficient (Wildman–Crippen LogP) is 1.06. The Hall–Kier alpha value is -1.95. The van der Waals surface area contributed by atoms with E-state index in [-0.39, 0.29) is 17.4 Å². The van der Waals surface area contributed by atoms with Crippen molar-refractivity contribution in [2.45, 2.75) is 31.8 Å². The molecule has 3 N–H and O–H groups in total. The summed E-state index contributed by atoms with van der Waals surface area (Å²) < 4.78 is 0. The second kappa shape index (κ2) is 6.47. The normalized spacial score (nSPS) is 22.2. The van der Waals surface area contributed by atoms with Gasteiger partial charge in [-0.1, -0.05) is 0 Å². The number of aromatic nitrogens is 1. The number of aromatic carboxylic acids is 1. The van der Waals surface area contributed by atoms with E-state index < -0.39 is 11.9 Å². The molecule has 1 fully saturated rings. The zero-order valence-corrected chi connectivity index (χ0v) is 11.1. The first-order valence-electron chi connectivity index (χ1n) is 6.72. The first-order valence-corrected chi connectivity index (χ1v) is 6.72. The quantitative estimate of drug-likeness (QED) is 0.764. The molecule has 1 amide bonds. The molecule has 1 aromatic heterocycles. The minimum Gasteiger partial charge on any atom is -0.478 e.